The van der Waals surface area contributed by atoms with Gasteiger partial charge >= 0.3 is 0 Å². The van der Waals surface area contributed by atoms with Crippen LogP contribution in [0, 0.1) is 0 Å². The lowest BCUT2D eigenvalue weighted by Crippen LogP contribution is -2.27. The van der Waals surface area contributed by atoms with Gasteiger partial charge in [0.25, 0.3) is 0 Å². The molecule has 1 saturated carbocycles. The first-order chi connectivity index (χ1) is 7.27. The van der Waals surface area contributed by atoms with E-state index in [1.807, 2.05) is 0 Å². The molecule has 1 aliphatic carbocycles. The molecule has 0 unspecified atom stereocenters. The summed E-state index contributed by atoms with van der Waals surface area (Å²) in [6.07, 6.45) is 8.16. The third kappa shape index (κ3) is 3.73. The Balaban J connectivity index is 2.49. The highest BCUT2D eigenvalue weighted by Crippen LogP contribution is 2.17. The Labute approximate surface area is 89.9 Å². The molecule has 0 aromatic heterocycles. The van der Waals surface area contributed by atoms with Crippen LogP contribution in [0.15, 0.2) is 29.8 Å². The molecular formula is C11H18FN3. The number of hydrazone groups is 1. The number of rotatable bonds is 4. The van der Waals surface area contributed by atoms with Crippen molar-refractivity contribution in [3.8, 4) is 0 Å². The van der Waals surface area contributed by atoms with Crippen LogP contribution in [0.5, 0.6) is 0 Å². The van der Waals surface area contributed by atoms with Gasteiger partial charge in [0.15, 0.2) is 5.83 Å². The van der Waals surface area contributed by atoms with Gasteiger partial charge in [-0.05, 0) is 18.9 Å². The lowest BCUT2D eigenvalue weighted by Gasteiger charge is -2.21. The quantitative estimate of drug-likeness (QED) is 0.553. The first-order valence-electron chi connectivity index (χ1n) is 5.31. The van der Waals surface area contributed by atoms with E-state index in [4.69, 9.17) is 5.73 Å². The highest BCUT2D eigenvalue weighted by molar-refractivity contribution is 6.06. The Morgan fingerprint density at radius 2 is 2.07 bits per heavy atom. The van der Waals surface area contributed by atoms with Crippen molar-refractivity contribution in [3.05, 3.63) is 24.7 Å². The van der Waals surface area contributed by atoms with Crippen LogP contribution in [0.4, 0.5) is 4.39 Å². The van der Waals surface area contributed by atoms with Crippen molar-refractivity contribution in [2.24, 2.45) is 10.8 Å². The third-order valence-corrected chi connectivity index (χ3v) is 2.56. The molecule has 0 heterocycles. The van der Waals surface area contributed by atoms with Gasteiger partial charge in [0.05, 0.1) is 0 Å². The lowest BCUT2D eigenvalue weighted by atomic mass is 9.96. The first-order valence-corrected chi connectivity index (χ1v) is 5.31. The molecule has 84 valence electrons. The van der Waals surface area contributed by atoms with Crippen molar-refractivity contribution in [1.82, 2.24) is 5.43 Å². The fraction of sp³-hybridized carbons (Fsp3) is 0.545. The molecule has 0 atom stereocenters. The predicted molar refractivity (Wildman–Crippen MR) is 61.0 cm³/mol. The maximum absolute atomic E-state index is 13.0. The van der Waals surface area contributed by atoms with Gasteiger partial charge in [-0.3, -0.25) is 0 Å². The van der Waals surface area contributed by atoms with Crippen LogP contribution in [-0.4, -0.2) is 11.8 Å². The van der Waals surface area contributed by atoms with Crippen LogP contribution in [0.25, 0.3) is 0 Å². The Bertz CT molecular complexity index is 265. The van der Waals surface area contributed by atoms with Crippen LogP contribution in [0.1, 0.15) is 32.1 Å². The number of nitrogens with one attached hydrogen (secondary N) is 1. The highest BCUT2D eigenvalue weighted by atomic mass is 19.1. The molecule has 0 aromatic rings. The van der Waals surface area contributed by atoms with Gasteiger partial charge in [-0.15, -0.1) is 0 Å². The van der Waals surface area contributed by atoms with Crippen LogP contribution in [0.3, 0.4) is 0 Å². The molecule has 1 rings (SSSR count). The number of hydrogen-bond acceptors (Lipinski definition) is 3. The molecule has 3 N–H and O–H groups in total. The van der Waals surface area contributed by atoms with Gasteiger partial charge < -0.3 is 11.2 Å². The molecule has 15 heavy (non-hydrogen) atoms. The molecule has 0 bridgehead atoms. The second-order valence-corrected chi connectivity index (χ2v) is 3.68. The zero-order valence-electron chi connectivity index (χ0n) is 8.88. The summed E-state index contributed by atoms with van der Waals surface area (Å²) >= 11 is 0. The molecular weight excluding hydrogens is 193 g/mol. The Morgan fingerprint density at radius 3 is 2.60 bits per heavy atom. The number of allylic oxidation sites excluding steroid dienone is 2. The van der Waals surface area contributed by atoms with Gasteiger partial charge in [0.2, 0.25) is 0 Å². The van der Waals surface area contributed by atoms with Crippen LogP contribution < -0.4 is 11.2 Å². The summed E-state index contributed by atoms with van der Waals surface area (Å²) in [6, 6.07) is 0.360. The van der Waals surface area contributed by atoms with Crippen molar-refractivity contribution in [2.75, 3.05) is 0 Å². The minimum Gasteiger partial charge on any atom is -0.402 e. The number of halogens is 1. The molecule has 0 saturated heterocycles. The van der Waals surface area contributed by atoms with E-state index >= 15 is 0 Å². The van der Waals surface area contributed by atoms with E-state index < -0.39 is 5.83 Å². The summed E-state index contributed by atoms with van der Waals surface area (Å²) in [6.45, 7) is 3.49. The molecule has 0 radical (unpaired) electrons. The van der Waals surface area contributed by atoms with Crippen molar-refractivity contribution in [2.45, 2.75) is 38.1 Å². The Morgan fingerprint density at radius 1 is 1.40 bits per heavy atom. The molecule has 4 heteroatoms. The van der Waals surface area contributed by atoms with E-state index in [-0.39, 0.29) is 5.71 Å². The normalized spacial score (nSPS) is 20.1. The smallest absolute Gasteiger partial charge is 0.165 e. The molecule has 0 amide bonds. The molecule has 0 aliphatic heterocycles. The molecule has 1 aliphatic rings. The summed E-state index contributed by atoms with van der Waals surface area (Å²) in [5, 5.41) is 3.96. The zero-order chi connectivity index (χ0) is 11.1. The van der Waals surface area contributed by atoms with Crippen molar-refractivity contribution in [1.29, 1.82) is 0 Å². The minimum absolute atomic E-state index is 0.170. The van der Waals surface area contributed by atoms with Gasteiger partial charge in [-0.2, -0.15) is 5.10 Å². The molecule has 0 aromatic carbocycles. The van der Waals surface area contributed by atoms with Crippen LogP contribution in [-0.2, 0) is 0 Å². The largest absolute Gasteiger partial charge is 0.402 e. The van der Waals surface area contributed by atoms with Crippen LogP contribution >= 0.6 is 0 Å². The van der Waals surface area contributed by atoms with Gasteiger partial charge in [-0.25, -0.2) is 4.39 Å². The second kappa shape index (κ2) is 6.22. The maximum atomic E-state index is 13.0. The highest BCUT2D eigenvalue weighted by Gasteiger charge is 2.12. The fourth-order valence-electron chi connectivity index (χ4n) is 1.67. The van der Waals surface area contributed by atoms with E-state index in [1.165, 1.54) is 25.3 Å². The summed E-state index contributed by atoms with van der Waals surface area (Å²) in [5.41, 5.74) is 8.20. The maximum Gasteiger partial charge on any atom is 0.165 e. The summed E-state index contributed by atoms with van der Waals surface area (Å²) in [4.78, 5) is 0. The van der Waals surface area contributed by atoms with E-state index in [0.717, 1.165) is 19.0 Å². The van der Waals surface area contributed by atoms with Gasteiger partial charge in [0.1, 0.15) is 5.71 Å². The Kier molecular flexibility index (Phi) is 4.87. The van der Waals surface area contributed by atoms with Crippen molar-refractivity contribution >= 4 is 5.71 Å². The number of hydrogen-bond donors (Lipinski definition) is 2. The molecule has 0 spiro atoms. The summed E-state index contributed by atoms with van der Waals surface area (Å²) in [5.74, 6) is -0.548. The SMILES string of the molecule is C=CC(=NNC1CCCCC1)C(F)=CN. The van der Waals surface area contributed by atoms with Gasteiger partial charge in [-0.1, -0.05) is 25.8 Å². The van der Waals surface area contributed by atoms with E-state index in [0.29, 0.717) is 6.04 Å². The summed E-state index contributed by atoms with van der Waals surface area (Å²) in [7, 11) is 0. The van der Waals surface area contributed by atoms with E-state index in [9.17, 15) is 4.39 Å². The average Bonchev–Trinajstić information content (AvgIpc) is 2.31. The lowest BCUT2D eigenvalue weighted by molar-refractivity contribution is 0.380. The van der Waals surface area contributed by atoms with Crippen LogP contribution in [0.2, 0.25) is 0 Å². The van der Waals surface area contributed by atoms with E-state index in [2.05, 4.69) is 17.1 Å². The van der Waals surface area contributed by atoms with Gasteiger partial charge in [0, 0.05) is 12.2 Å². The monoisotopic (exact) mass is 211 g/mol. The molecule has 1 fully saturated rings. The average molecular weight is 211 g/mol. The van der Waals surface area contributed by atoms with E-state index in [1.54, 1.807) is 0 Å². The predicted octanol–water partition coefficient (Wildman–Crippen LogP) is 2.22. The molecule has 3 nitrogen and oxygen atoms in total. The Hall–Kier alpha value is -1.32. The standard InChI is InChI=1S/C11H18FN3/c1-2-11(10(12)8-13)15-14-9-6-4-3-5-7-9/h2,8-9,14H,1,3-7,13H2. The summed E-state index contributed by atoms with van der Waals surface area (Å²) < 4.78 is 13.0. The topological polar surface area (TPSA) is 50.4 Å². The zero-order valence-corrected chi connectivity index (χ0v) is 8.88. The number of nitrogens with two attached hydrogens (primary N) is 1. The second-order valence-electron chi connectivity index (χ2n) is 3.68. The fourth-order valence-corrected chi connectivity index (χ4v) is 1.67. The van der Waals surface area contributed by atoms with Crippen molar-refractivity contribution < 1.29 is 4.39 Å². The third-order valence-electron chi connectivity index (χ3n) is 2.56. The number of nitrogens with zero attached hydrogens (tertiary/aromatic N) is 1. The minimum atomic E-state index is -0.548. The first kappa shape index (κ1) is 11.8. The van der Waals surface area contributed by atoms with Crippen molar-refractivity contribution in [3.63, 3.8) is 0 Å².